The second-order valence-corrected chi connectivity index (χ2v) is 5.32. The third-order valence-electron chi connectivity index (χ3n) is 2.80. The summed E-state index contributed by atoms with van der Waals surface area (Å²) in [5.74, 6) is 5.62. The molecule has 0 spiro atoms. The van der Waals surface area contributed by atoms with Gasteiger partial charge in [-0.3, -0.25) is 5.84 Å². The Bertz CT molecular complexity index is 550. The number of benzene rings is 2. The first-order valence-corrected chi connectivity index (χ1v) is 6.62. The van der Waals surface area contributed by atoms with Gasteiger partial charge in [0.15, 0.2) is 0 Å². The maximum atomic E-state index is 6.19. The van der Waals surface area contributed by atoms with Gasteiger partial charge in [-0.1, -0.05) is 46.9 Å². The highest BCUT2D eigenvalue weighted by atomic mass is 35.5. The first-order valence-electron chi connectivity index (χ1n) is 5.49. The Kier molecular flexibility index (Phi) is 4.55. The van der Waals surface area contributed by atoms with Crippen molar-refractivity contribution in [1.29, 1.82) is 0 Å². The van der Waals surface area contributed by atoms with E-state index < -0.39 is 0 Å². The fourth-order valence-corrected chi connectivity index (χ4v) is 2.59. The van der Waals surface area contributed by atoms with Gasteiger partial charge in [0, 0.05) is 20.8 Å². The number of hydrazine groups is 1. The van der Waals surface area contributed by atoms with Crippen molar-refractivity contribution in [2.45, 2.75) is 6.04 Å². The van der Waals surface area contributed by atoms with Crippen molar-refractivity contribution in [3.8, 4) is 0 Å². The van der Waals surface area contributed by atoms with Crippen molar-refractivity contribution in [1.82, 2.24) is 5.43 Å². The molecule has 0 aliphatic carbocycles. The molecule has 2 aromatic rings. The first-order chi connectivity index (χ1) is 9.02. The molecule has 0 aromatic heterocycles. The number of anilines is 1. The lowest BCUT2D eigenvalue weighted by molar-refractivity contribution is 0.639. The summed E-state index contributed by atoms with van der Waals surface area (Å²) in [5, 5.41) is 1.65. The van der Waals surface area contributed by atoms with E-state index >= 15 is 0 Å². The maximum absolute atomic E-state index is 6.19. The zero-order chi connectivity index (χ0) is 14.0. The maximum Gasteiger partial charge on any atom is 0.0744 e. The topological polar surface area (TPSA) is 64.1 Å². The van der Waals surface area contributed by atoms with E-state index in [1.165, 1.54) is 0 Å². The summed E-state index contributed by atoms with van der Waals surface area (Å²) in [7, 11) is 0. The van der Waals surface area contributed by atoms with Crippen molar-refractivity contribution in [3.63, 3.8) is 0 Å². The smallest absolute Gasteiger partial charge is 0.0744 e. The lowest BCUT2D eigenvalue weighted by atomic mass is 9.98. The molecule has 19 heavy (non-hydrogen) atoms. The SMILES string of the molecule is NNC(c1ccc(Cl)cc1N)c1ccc(Cl)cc1Cl. The molecule has 0 heterocycles. The Morgan fingerprint density at radius 3 is 2.00 bits per heavy atom. The van der Waals surface area contributed by atoms with Crippen LogP contribution in [0.25, 0.3) is 0 Å². The predicted molar refractivity (Wildman–Crippen MR) is 81.5 cm³/mol. The average molecular weight is 317 g/mol. The van der Waals surface area contributed by atoms with Crippen LogP contribution in [0.2, 0.25) is 15.1 Å². The van der Waals surface area contributed by atoms with Crippen LogP contribution < -0.4 is 17.0 Å². The molecule has 0 fully saturated rings. The third-order valence-corrected chi connectivity index (χ3v) is 3.60. The van der Waals surface area contributed by atoms with Crippen LogP contribution in [-0.4, -0.2) is 0 Å². The molecule has 0 radical (unpaired) electrons. The van der Waals surface area contributed by atoms with Gasteiger partial charge < -0.3 is 5.73 Å². The number of rotatable bonds is 3. The summed E-state index contributed by atoms with van der Waals surface area (Å²) in [6.07, 6.45) is 0. The monoisotopic (exact) mass is 315 g/mol. The molecule has 1 unspecified atom stereocenters. The van der Waals surface area contributed by atoms with E-state index in [-0.39, 0.29) is 6.04 Å². The summed E-state index contributed by atoms with van der Waals surface area (Å²) in [4.78, 5) is 0. The third kappa shape index (κ3) is 3.14. The minimum absolute atomic E-state index is 0.331. The van der Waals surface area contributed by atoms with E-state index in [2.05, 4.69) is 5.43 Å². The summed E-state index contributed by atoms with van der Waals surface area (Å²) in [6, 6.07) is 10.1. The molecular formula is C13H12Cl3N3. The van der Waals surface area contributed by atoms with Crippen molar-refractivity contribution in [3.05, 3.63) is 62.6 Å². The van der Waals surface area contributed by atoms with Gasteiger partial charge in [0.25, 0.3) is 0 Å². The molecule has 0 aliphatic heterocycles. The van der Waals surface area contributed by atoms with Gasteiger partial charge in [0.2, 0.25) is 0 Å². The number of hydrogen-bond acceptors (Lipinski definition) is 3. The van der Waals surface area contributed by atoms with Gasteiger partial charge in [-0.2, -0.15) is 0 Å². The largest absolute Gasteiger partial charge is 0.398 e. The molecule has 6 heteroatoms. The summed E-state index contributed by atoms with van der Waals surface area (Å²) in [6.45, 7) is 0. The number of nitrogen functional groups attached to an aromatic ring is 1. The Labute approximate surface area is 126 Å². The number of nitrogens with one attached hydrogen (secondary N) is 1. The second-order valence-electron chi connectivity index (χ2n) is 4.04. The summed E-state index contributed by atoms with van der Waals surface area (Å²) >= 11 is 18.0. The average Bonchev–Trinajstić information content (AvgIpc) is 2.34. The fourth-order valence-electron chi connectivity index (χ4n) is 1.89. The summed E-state index contributed by atoms with van der Waals surface area (Å²) in [5.41, 5.74) is 10.8. The molecule has 2 aromatic carbocycles. The Morgan fingerprint density at radius 1 is 0.895 bits per heavy atom. The first kappa shape index (κ1) is 14.4. The van der Waals surface area contributed by atoms with Gasteiger partial charge in [-0.25, -0.2) is 5.43 Å². The highest BCUT2D eigenvalue weighted by Gasteiger charge is 2.18. The number of halogens is 3. The molecule has 5 N–H and O–H groups in total. The Morgan fingerprint density at radius 2 is 1.47 bits per heavy atom. The molecule has 0 amide bonds. The molecule has 0 saturated heterocycles. The van der Waals surface area contributed by atoms with Crippen molar-refractivity contribution < 1.29 is 0 Å². The van der Waals surface area contributed by atoms with Gasteiger partial charge in [0.05, 0.1) is 6.04 Å². The van der Waals surface area contributed by atoms with Gasteiger partial charge in [-0.05, 0) is 35.4 Å². The number of nitrogens with two attached hydrogens (primary N) is 2. The van der Waals surface area contributed by atoms with E-state index in [0.29, 0.717) is 20.8 Å². The highest BCUT2D eigenvalue weighted by Crippen LogP contribution is 2.33. The molecule has 1 atom stereocenters. The van der Waals surface area contributed by atoms with E-state index in [0.717, 1.165) is 11.1 Å². The lowest BCUT2D eigenvalue weighted by Gasteiger charge is -2.20. The standard InChI is InChI=1S/C13H12Cl3N3/c14-7-1-3-9(11(16)5-7)13(19-18)10-4-2-8(15)6-12(10)17/h1-6,13,19H,17-18H2. The van der Waals surface area contributed by atoms with Crippen LogP contribution in [0.4, 0.5) is 5.69 Å². The quantitative estimate of drug-likeness (QED) is 0.459. The zero-order valence-electron chi connectivity index (χ0n) is 9.83. The van der Waals surface area contributed by atoms with E-state index in [1.54, 1.807) is 24.3 Å². The summed E-state index contributed by atoms with van der Waals surface area (Å²) < 4.78 is 0. The van der Waals surface area contributed by atoms with Crippen LogP contribution in [0, 0.1) is 0 Å². The van der Waals surface area contributed by atoms with Crippen LogP contribution in [0.3, 0.4) is 0 Å². The Balaban J connectivity index is 2.50. The van der Waals surface area contributed by atoms with E-state index in [4.69, 9.17) is 46.4 Å². The second kappa shape index (κ2) is 5.99. The number of hydrogen-bond donors (Lipinski definition) is 3. The van der Waals surface area contributed by atoms with E-state index in [1.807, 2.05) is 12.1 Å². The minimum atomic E-state index is -0.331. The molecular weight excluding hydrogens is 305 g/mol. The van der Waals surface area contributed by atoms with Crippen LogP contribution in [0.15, 0.2) is 36.4 Å². The van der Waals surface area contributed by atoms with Gasteiger partial charge in [-0.15, -0.1) is 0 Å². The van der Waals surface area contributed by atoms with Crippen LogP contribution in [0.1, 0.15) is 17.2 Å². The van der Waals surface area contributed by atoms with Crippen LogP contribution >= 0.6 is 34.8 Å². The van der Waals surface area contributed by atoms with Crippen LogP contribution in [0.5, 0.6) is 0 Å². The molecule has 0 saturated carbocycles. The van der Waals surface area contributed by atoms with Crippen molar-refractivity contribution in [2.24, 2.45) is 5.84 Å². The van der Waals surface area contributed by atoms with Crippen molar-refractivity contribution in [2.75, 3.05) is 5.73 Å². The Hall–Kier alpha value is -0.970. The van der Waals surface area contributed by atoms with Crippen LogP contribution in [-0.2, 0) is 0 Å². The minimum Gasteiger partial charge on any atom is -0.398 e. The molecule has 0 aliphatic rings. The lowest BCUT2D eigenvalue weighted by Crippen LogP contribution is -2.29. The fraction of sp³-hybridized carbons (Fsp3) is 0.0769. The predicted octanol–water partition coefficient (Wildman–Crippen LogP) is 3.78. The molecule has 2 rings (SSSR count). The van der Waals surface area contributed by atoms with Gasteiger partial charge in [0.1, 0.15) is 0 Å². The molecule has 3 nitrogen and oxygen atoms in total. The van der Waals surface area contributed by atoms with Crippen molar-refractivity contribution >= 4 is 40.5 Å². The zero-order valence-corrected chi connectivity index (χ0v) is 12.1. The highest BCUT2D eigenvalue weighted by molar-refractivity contribution is 6.35. The van der Waals surface area contributed by atoms with E-state index in [9.17, 15) is 0 Å². The molecule has 0 bridgehead atoms. The normalized spacial score (nSPS) is 12.4. The van der Waals surface area contributed by atoms with Gasteiger partial charge >= 0.3 is 0 Å². The molecule has 100 valence electrons.